The van der Waals surface area contributed by atoms with Gasteiger partial charge in [0.25, 0.3) is 0 Å². The van der Waals surface area contributed by atoms with Crippen LogP contribution in [0.15, 0.2) is 24.3 Å². The van der Waals surface area contributed by atoms with E-state index >= 15 is 0 Å². The summed E-state index contributed by atoms with van der Waals surface area (Å²) in [6, 6.07) is 9.73. The third-order valence-corrected chi connectivity index (χ3v) is 2.54. The molecule has 4 nitrogen and oxygen atoms in total. The van der Waals surface area contributed by atoms with E-state index in [1.54, 1.807) is 0 Å². The maximum absolute atomic E-state index is 11.8. The molecule has 0 spiro atoms. The van der Waals surface area contributed by atoms with Crippen molar-refractivity contribution in [1.29, 1.82) is 5.26 Å². The van der Waals surface area contributed by atoms with Gasteiger partial charge in [-0.25, -0.2) is 0 Å². The second-order valence-electron chi connectivity index (χ2n) is 4.28. The minimum Gasteiger partial charge on any atom is -0.325 e. The van der Waals surface area contributed by atoms with Crippen LogP contribution in [0.4, 0.5) is 5.69 Å². The molecule has 0 aliphatic heterocycles. The Labute approximate surface area is 108 Å². The number of hydrogen-bond donors (Lipinski definition) is 1. The summed E-state index contributed by atoms with van der Waals surface area (Å²) in [6.07, 6.45) is 0.930. The van der Waals surface area contributed by atoms with Gasteiger partial charge in [-0.05, 0) is 32.0 Å². The highest BCUT2D eigenvalue weighted by Crippen LogP contribution is 2.08. The number of rotatable bonds is 6. The lowest BCUT2D eigenvalue weighted by atomic mass is 10.2. The van der Waals surface area contributed by atoms with Crippen LogP contribution < -0.4 is 5.32 Å². The number of nitrogens with zero attached hydrogens (tertiary/aromatic N) is 2. The van der Waals surface area contributed by atoms with Gasteiger partial charge < -0.3 is 5.32 Å². The predicted octanol–water partition coefficient (Wildman–Crippen LogP) is 2.17. The lowest BCUT2D eigenvalue weighted by Crippen LogP contribution is -2.34. The summed E-state index contributed by atoms with van der Waals surface area (Å²) < 4.78 is 0. The van der Waals surface area contributed by atoms with Crippen LogP contribution in [0.3, 0.4) is 0 Å². The lowest BCUT2D eigenvalue weighted by molar-refractivity contribution is -0.117. The number of carbonyl (C=O) groups excluding carboxylic acids is 1. The second-order valence-corrected chi connectivity index (χ2v) is 4.28. The second kappa shape index (κ2) is 7.46. The summed E-state index contributed by atoms with van der Waals surface area (Å²) in [6.45, 7) is 5.34. The summed E-state index contributed by atoms with van der Waals surface area (Å²) >= 11 is 0. The van der Waals surface area contributed by atoms with E-state index in [1.807, 2.05) is 43.0 Å². The maximum atomic E-state index is 11.8. The molecule has 0 aromatic heterocycles. The first-order valence-corrected chi connectivity index (χ1v) is 6.11. The zero-order valence-electron chi connectivity index (χ0n) is 10.9. The number of benzene rings is 1. The molecule has 0 fully saturated rings. The molecule has 0 aliphatic carbocycles. The van der Waals surface area contributed by atoms with Gasteiger partial charge in [-0.3, -0.25) is 9.69 Å². The van der Waals surface area contributed by atoms with Crippen LogP contribution in [0, 0.1) is 18.3 Å². The summed E-state index contributed by atoms with van der Waals surface area (Å²) in [7, 11) is 0. The molecule has 0 unspecified atom stereocenters. The first-order chi connectivity index (χ1) is 8.65. The first kappa shape index (κ1) is 14.2. The van der Waals surface area contributed by atoms with Gasteiger partial charge in [0.15, 0.2) is 0 Å². The highest BCUT2D eigenvalue weighted by atomic mass is 16.2. The molecular formula is C14H19N3O. The fourth-order valence-electron chi connectivity index (χ4n) is 1.67. The molecule has 0 bridgehead atoms. The largest absolute Gasteiger partial charge is 0.325 e. The quantitative estimate of drug-likeness (QED) is 0.781. The molecule has 96 valence electrons. The Balaban J connectivity index is 2.49. The fraction of sp³-hybridized carbons (Fsp3) is 0.429. The number of anilines is 1. The van der Waals surface area contributed by atoms with Crippen molar-refractivity contribution in [3.05, 3.63) is 29.8 Å². The predicted molar refractivity (Wildman–Crippen MR) is 72.2 cm³/mol. The number of hydrogen-bond acceptors (Lipinski definition) is 3. The Bertz CT molecular complexity index is 420. The van der Waals surface area contributed by atoms with Crippen LogP contribution in [0.1, 0.15) is 18.9 Å². The van der Waals surface area contributed by atoms with Crippen LogP contribution in [-0.4, -0.2) is 30.4 Å². The van der Waals surface area contributed by atoms with Crippen molar-refractivity contribution in [1.82, 2.24) is 4.90 Å². The molecule has 1 aromatic rings. The maximum Gasteiger partial charge on any atom is 0.238 e. The fourth-order valence-corrected chi connectivity index (χ4v) is 1.67. The van der Waals surface area contributed by atoms with Gasteiger partial charge in [-0.15, -0.1) is 0 Å². The number of aryl methyl sites for hydroxylation is 1. The molecule has 1 aromatic carbocycles. The van der Waals surface area contributed by atoms with Crippen molar-refractivity contribution in [3.63, 3.8) is 0 Å². The van der Waals surface area contributed by atoms with Crippen molar-refractivity contribution in [2.24, 2.45) is 0 Å². The van der Waals surface area contributed by atoms with E-state index < -0.39 is 0 Å². The lowest BCUT2D eigenvalue weighted by Gasteiger charge is -2.17. The first-order valence-electron chi connectivity index (χ1n) is 6.11. The highest BCUT2D eigenvalue weighted by molar-refractivity contribution is 5.92. The van der Waals surface area contributed by atoms with E-state index in [9.17, 15) is 4.79 Å². The van der Waals surface area contributed by atoms with Crippen molar-refractivity contribution < 1.29 is 4.79 Å². The molecule has 0 radical (unpaired) electrons. The molecule has 1 N–H and O–H groups in total. The molecule has 0 saturated carbocycles. The Kier molecular flexibility index (Phi) is 5.89. The molecule has 0 aliphatic rings. The zero-order valence-corrected chi connectivity index (χ0v) is 10.9. The number of nitriles is 1. The van der Waals surface area contributed by atoms with Crippen molar-refractivity contribution in [3.8, 4) is 6.07 Å². The topological polar surface area (TPSA) is 56.1 Å². The van der Waals surface area contributed by atoms with Crippen LogP contribution in [0.25, 0.3) is 0 Å². The Hall–Kier alpha value is -1.86. The van der Waals surface area contributed by atoms with Gasteiger partial charge in [0.2, 0.25) is 5.91 Å². The number of carbonyl (C=O) groups is 1. The minimum atomic E-state index is -0.0810. The Morgan fingerprint density at radius 2 is 2.06 bits per heavy atom. The van der Waals surface area contributed by atoms with E-state index in [2.05, 4.69) is 11.4 Å². The molecule has 18 heavy (non-hydrogen) atoms. The third-order valence-electron chi connectivity index (χ3n) is 2.54. The average Bonchev–Trinajstić information content (AvgIpc) is 2.33. The highest BCUT2D eigenvalue weighted by Gasteiger charge is 2.09. The molecule has 1 rings (SSSR count). The average molecular weight is 245 g/mol. The Morgan fingerprint density at radius 3 is 2.61 bits per heavy atom. The van der Waals surface area contributed by atoms with E-state index in [-0.39, 0.29) is 19.0 Å². The number of amides is 1. The van der Waals surface area contributed by atoms with E-state index in [0.29, 0.717) is 0 Å². The summed E-state index contributed by atoms with van der Waals surface area (Å²) in [5, 5.41) is 11.5. The molecular weight excluding hydrogens is 226 g/mol. The van der Waals surface area contributed by atoms with Crippen molar-refractivity contribution in [2.75, 3.05) is 25.0 Å². The third kappa shape index (κ3) is 4.98. The monoisotopic (exact) mass is 245 g/mol. The van der Waals surface area contributed by atoms with Gasteiger partial charge in [0, 0.05) is 5.69 Å². The summed E-state index contributed by atoms with van der Waals surface area (Å²) in [5.74, 6) is -0.0810. The van der Waals surface area contributed by atoms with Crippen LogP contribution in [0.2, 0.25) is 0 Å². The smallest absolute Gasteiger partial charge is 0.238 e. The van der Waals surface area contributed by atoms with E-state index in [1.165, 1.54) is 0 Å². The normalized spacial score (nSPS) is 10.1. The molecule has 0 saturated heterocycles. The SMILES string of the molecule is CCCN(CC#N)CC(=O)Nc1ccc(C)cc1. The molecule has 4 heteroatoms. The van der Waals surface area contributed by atoms with Crippen LogP contribution >= 0.6 is 0 Å². The van der Waals surface area contributed by atoms with Crippen molar-refractivity contribution in [2.45, 2.75) is 20.3 Å². The summed E-state index contributed by atoms with van der Waals surface area (Å²) in [5.41, 5.74) is 1.95. The van der Waals surface area contributed by atoms with Gasteiger partial charge in [-0.2, -0.15) is 5.26 Å². The van der Waals surface area contributed by atoms with Crippen LogP contribution in [0.5, 0.6) is 0 Å². The molecule has 0 heterocycles. The molecule has 0 atom stereocenters. The summed E-state index contributed by atoms with van der Waals surface area (Å²) in [4.78, 5) is 13.6. The van der Waals surface area contributed by atoms with Gasteiger partial charge >= 0.3 is 0 Å². The van der Waals surface area contributed by atoms with Gasteiger partial charge in [-0.1, -0.05) is 24.6 Å². The number of nitrogens with one attached hydrogen (secondary N) is 1. The van der Waals surface area contributed by atoms with E-state index in [4.69, 9.17) is 5.26 Å². The standard InChI is InChI=1S/C14H19N3O/c1-3-9-17(10-8-15)11-14(18)16-13-6-4-12(2)5-7-13/h4-7H,3,9-11H2,1-2H3,(H,16,18). The molecule has 1 amide bonds. The minimum absolute atomic E-state index is 0.0810. The van der Waals surface area contributed by atoms with Gasteiger partial charge in [0.05, 0.1) is 19.2 Å². The van der Waals surface area contributed by atoms with Crippen LogP contribution in [-0.2, 0) is 4.79 Å². The van der Waals surface area contributed by atoms with Crippen molar-refractivity contribution >= 4 is 11.6 Å². The van der Waals surface area contributed by atoms with E-state index in [0.717, 1.165) is 24.2 Å². The Morgan fingerprint density at radius 1 is 1.39 bits per heavy atom. The zero-order chi connectivity index (χ0) is 13.4. The van der Waals surface area contributed by atoms with Gasteiger partial charge in [0.1, 0.15) is 0 Å².